The van der Waals surface area contributed by atoms with Gasteiger partial charge in [-0.15, -0.1) is 0 Å². The Morgan fingerprint density at radius 2 is 1.77 bits per heavy atom. The van der Waals surface area contributed by atoms with Crippen LogP contribution in [0.3, 0.4) is 0 Å². The number of benzene rings is 1. The van der Waals surface area contributed by atoms with E-state index in [2.05, 4.69) is 9.47 Å². The Balaban J connectivity index is 2.78. The standard InChI is InChI=1S/C13H14F5NO3/c1-2-21-11(20)9(14)10(19)7-3-5-8(6-4-7)22-13(17,18)12(15)16/h3-6,9-10,12H,2,19H2,1H3/t9?,10-/m1/s1. The van der Waals surface area contributed by atoms with Gasteiger partial charge in [0.1, 0.15) is 5.75 Å². The quantitative estimate of drug-likeness (QED) is 0.618. The van der Waals surface area contributed by atoms with E-state index >= 15 is 0 Å². The molecule has 1 aromatic carbocycles. The summed E-state index contributed by atoms with van der Waals surface area (Å²) in [6, 6.07) is 2.64. The van der Waals surface area contributed by atoms with Crippen LogP contribution in [-0.4, -0.2) is 31.3 Å². The van der Waals surface area contributed by atoms with Crippen molar-refractivity contribution >= 4 is 5.97 Å². The Bertz CT molecular complexity index is 495. The summed E-state index contributed by atoms with van der Waals surface area (Å²) in [4.78, 5) is 11.2. The highest BCUT2D eigenvalue weighted by Crippen LogP contribution is 2.28. The van der Waals surface area contributed by atoms with Crippen LogP contribution in [0, 0.1) is 0 Å². The molecule has 0 radical (unpaired) electrons. The molecule has 0 heterocycles. The van der Waals surface area contributed by atoms with E-state index in [1.165, 1.54) is 6.92 Å². The van der Waals surface area contributed by atoms with Crippen molar-refractivity contribution in [3.63, 3.8) is 0 Å². The molecule has 124 valence electrons. The fourth-order valence-electron chi connectivity index (χ4n) is 1.50. The Morgan fingerprint density at radius 1 is 1.23 bits per heavy atom. The van der Waals surface area contributed by atoms with Crippen molar-refractivity contribution in [2.45, 2.75) is 31.7 Å². The molecule has 1 rings (SSSR count). The van der Waals surface area contributed by atoms with Crippen molar-refractivity contribution in [1.82, 2.24) is 0 Å². The predicted octanol–water partition coefficient (Wildman–Crippen LogP) is 2.82. The monoisotopic (exact) mass is 327 g/mol. The van der Waals surface area contributed by atoms with E-state index in [0.29, 0.717) is 0 Å². The zero-order chi connectivity index (χ0) is 16.9. The van der Waals surface area contributed by atoms with Gasteiger partial charge >= 0.3 is 18.5 Å². The number of hydrogen-bond donors (Lipinski definition) is 1. The fraction of sp³-hybridized carbons (Fsp3) is 0.462. The minimum atomic E-state index is -4.64. The third kappa shape index (κ3) is 4.55. The molecule has 0 bridgehead atoms. The number of nitrogens with two attached hydrogens (primary N) is 1. The highest BCUT2D eigenvalue weighted by Gasteiger charge is 2.44. The highest BCUT2D eigenvalue weighted by atomic mass is 19.3. The number of carbonyl (C=O) groups excluding carboxylic acids is 1. The number of ether oxygens (including phenoxy) is 2. The third-order valence-electron chi connectivity index (χ3n) is 2.60. The largest absolute Gasteiger partial charge is 0.464 e. The normalized spacial score (nSPS) is 14.5. The van der Waals surface area contributed by atoms with Gasteiger partial charge in [-0.2, -0.15) is 17.6 Å². The summed E-state index contributed by atoms with van der Waals surface area (Å²) in [6.07, 6.45) is -10.8. The number of esters is 1. The Labute approximate surface area is 123 Å². The Kier molecular flexibility index (Phi) is 6.10. The number of carbonyl (C=O) groups is 1. The van der Waals surface area contributed by atoms with Gasteiger partial charge in [-0.05, 0) is 24.6 Å². The van der Waals surface area contributed by atoms with E-state index in [1.807, 2.05) is 0 Å². The first-order chi connectivity index (χ1) is 10.2. The molecule has 22 heavy (non-hydrogen) atoms. The third-order valence-corrected chi connectivity index (χ3v) is 2.60. The van der Waals surface area contributed by atoms with Crippen LogP contribution in [0.1, 0.15) is 18.5 Å². The van der Waals surface area contributed by atoms with E-state index in [1.54, 1.807) is 0 Å². The van der Waals surface area contributed by atoms with E-state index < -0.39 is 36.5 Å². The zero-order valence-electron chi connectivity index (χ0n) is 11.4. The van der Waals surface area contributed by atoms with Gasteiger partial charge < -0.3 is 15.2 Å². The van der Waals surface area contributed by atoms with Crippen LogP contribution >= 0.6 is 0 Å². The number of rotatable bonds is 7. The minimum Gasteiger partial charge on any atom is -0.464 e. The second-order valence-electron chi connectivity index (χ2n) is 4.21. The Morgan fingerprint density at radius 3 is 2.23 bits per heavy atom. The maximum absolute atomic E-state index is 13.7. The first-order valence-electron chi connectivity index (χ1n) is 6.20. The molecule has 0 aliphatic rings. The molecule has 0 saturated heterocycles. The molecule has 0 aliphatic carbocycles. The molecule has 0 aromatic heterocycles. The van der Waals surface area contributed by atoms with Crippen LogP contribution in [0.25, 0.3) is 0 Å². The van der Waals surface area contributed by atoms with Crippen molar-refractivity contribution in [3.05, 3.63) is 29.8 Å². The maximum atomic E-state index is 13.7. The van der Waals surface area contributed by atoms with E-state index in [4.69, 9.17) is 5.73 Å². The first kappa shape index (κ1) is 18.1. The van der Waals surface area contributed by atoms with Gasteiger partial charge in [0.2, 0.25) is 6.17 Å². The lowest BCUT2D eigenvalue weighted by Gasteiger charge is -2.18. The maximum Gasteiger partial charge on any atom is 0.461 e. The SMILES string of the molecule is CCOC(=O)C(F)[C@H](N)c1ccc(OC(F)(F)C(F)F)cc1. The van der Waals surface area contributed by atoms with Gasteiger partial charge in [0, 0.05) is 0 Å². The minimum absolute atomic E-state index is 0.0263. The van der Waals surface area contributed by atoms with Crippen LogP contribution in [0.4, 0.5) is 22.0 Å². The second kappa shape index (κ2) is 7.39. The molecule has 1 unspecified atom stereocenters. The van der Waals surface area contributed by atoms with Gasteiger partial charge in [-0.3, -0.25) is 0 Å². The summed E-state index contributed by atoms with van der Waals surface area (Å²) >= 11 is 0. The molecule has 0 fully saturated rings. The Hall–Kier alpha value is -1.90. The van der Waals surface area contributed by atoms with E-state index in [9.17, 15) is 26.7 Å². The molecule has 0 saturated carbocycles. The van der Waals surface area contributed by atoms with Gasteiger partial charge in [-0.25, -0.2) is 9.18 Å². The number of hydrogen-bond acceptors (Lipinski definition) is 4. The molecule has 2 atom stereocenters. The first-order valence-corrected chi connectivity index (χ1v) is 6.20. The lowest BCUT2D eigenvalue weighted by atomic mass is 10.0. The predicted molar refractivity (Wildman–Crippen MR) is 66.5 cm³/mol. The average molecular weight is 327 g/mol. The van der Waals surface area contributed by atoms with Crippen LogP contribution < -0.4 is 10.5 Å². The molecule has 0 amide bonds. The molecule has 0 aliphatic heterocycles. The number of halogens is 5. The zero-order valence-corrected chi connectivity index (χ0v) is 11.4. The van der Waals surface area contributed by atoms with E-state index in [-0.39, 0.29) is 12.2 Å². The van der Waals surface area contributed by atoms with Crippen LogP contribution in [0.15, 0.2) is 24.3 Å². The molecule has 0 spiro atoms. The lowest BCUT2D eigenvalue weighted by molar-refractivity contribution is -0.253. The summed E-state index contributed by atoms with van der Waals surface area (Å²) in [6.45, 7) is 1.47. The molecule has 1 aromatic rings. The van der Waals surface area contributed by atoms with Crippen LogP contribution in [0.5, 0.6) is 5.75 Å². The molecule has 9 heteroatoms. The summed E-state index contributed by atoms with van der Waals surface area (Å²) in [7, 11) is 0. The molecule has 4 nitrogen and oxygen atoms in total. The van der Waals surface area contributed by atoms with Gasteiger partial charge in [0.05, 0.1) is 12.6 Å². The van der Waals surface area contributed by atoms with Crippen LogP contribution in [0.2, 0.25) is 0 Å². The van der Waals surface area contributed by atoms with Crippen molar-refractivity contribution < 1.29 is 36.2 Å². The van der Waals surface area contributed by atoms with Gasteiger partial charge in [0.25, 0.3) is 0 Å². The smallest absolute Gasteiger partial charge is 0.461 e. The van der Waals surface area contributed by atoms with Gasteiger partial charge in [-0.1, -0.05) is 12.1 Å². The van der Waals surface area contributed by atoms with Crippen molar-refractivity contribution in [2.75, 3.05) is 6.61 Å². The second-order valence-corrected chi connectivity index (χ2v) is 4.21. The van der Waals surface area contributed by atoms with Crippen LogP contribution in [-0.2, 0) is 9.53 Å². The highest BCUT2D eigenvalue weighted by molar-refractivity contribution is 5.75. The summed E-state index contributed by atoms with van der Waals surface area (Å²) in [5.74, 6) is -1.70. The lowest BCUT2D eigenvalue weighted by Crippen LogP contribution is -2.33. The number of alkyl halides is 5. The van der Waals surface area contributed by atoms with Crippen molar-refractivity contribution in [1.29, 1.82) is 0 Å². The molecular formula is C13H14F5NO3. The fourth-order valence-corrected chi connectivity index (χ4v) is 1.50. The summed E-state index contributed by atoms with van der Waals surface area (Å²) in [5, 5.41) is 0. The topological polar surface area (TPSA) is 61.5 Å². The van der Waals surface area contributed by atoms with Gasteiger partial charge in [0.15, 0.2) is 0 Å². The average Bonchev–Trinajstić information content (AvgIpc) is 2.46. The molecule has 2 N–H and O–H groups in total. The molecular weight excluding hydrogens is 313 g/mol. The van der Waals surface area contributed by atoms with Crippen molar-refractivity contribution in [3.8, 4) is 5.75 Å². The van der Waals surface area contributed by atoms with Crippen molar-refractivity contribution in [2.24, 2.45) is 5.73 Å². The summed E-state index contributed by atoms with van der Waals surface area (Å²) in [5.41, 5.74) is 5.60. The summed E-state index contributed by atoms with van der Waals surface area (Å²) < 4.78 is 71.3. The van der Waals surface area contributed by atoms with E-state index in [0.717, 1.165) is 24.3 Å².